The van der Waals surface area contributed by atoms with E-state index in [0.29, 0.717) is 21.9 Å². The van der Waals surface area contributed by atoms with Crippen molar-refractivity contribution in [2.75, 3.05) is 7.11 Å². The number of ether oxygens (including phenoxy) is 1. The van der Waals surface area contributed by atoms with E-state index < -0.39 is 0 Å². The van der Waals surface area contributed by atoms with Gasteiger partial charge in [0.2, 0.25) is 0 Å². The Morgan fingerprint density at radius 3 is 2.63 bits per heavy atom. The summed E-state index contributed by atoms with van der Waals surface area (Å²) in [5.74, 6) is 0.392. The van der Waals surface area contributed by atoms with E-state index in [0.717, 1.165) is 8.04 Å². The zero-order chi connectivity index (χ0) is 14.0. The van der Waals surface area contributed by atoms with Crippen molar-refractivity contribution < 1.29 is 9.53 Å². The highest BCUT2D eigenvalue weighted by molar-refractivity contribution is 14.1. The van der Waals surface area contributed by atoms with Crippen LogP contribution in [0.2, 0.25) is 5.02 Å². The van der Waals surface area contributed by atoms with Gasteiger partial charge in [0.1, 0.15) is 5.75 Å². The Kier molecular flexibility index (Phi) is 4.86. The van der Waals surface area contributed by atoms with Crippen molar-refractivity contribution in [3.63, 3.8) is 0 Å². The lowest BCUT2D eigenvalue weighted by Crippen LogP contribution is -2.05. The molecule has 0 aromatic heterocycles. The third-order valence-electron chi connectivity index (χ3n) is 2.58. The number of benzene rings is 2. The Morgan fingerprint density at radius 2 is 1.95 bits per heavy atom. The molecule has 2 aromatic carbocycles. The van der Waals surface area contributed by atoms with Gasteiger partial charge in [-0.05, 0) is 59.0 Å². The molecule has 0 aliphatic rings. The number of carbonyl (C=O) groups is 1. The Balaban J connectivity index is 2.55. The largest absolute Gasteiger partial charge is 0.496 e. The first-order chi connectivity index (χ1) is 9.02. The lowest BCUT2D eigenvalue weighted by atomic mass is 10.0. The van der Waals surface area contributed by atoms with Crippen molar-refractivity contribution in [3.8, 4) is 5.75 Å². The summed E-state index contributed by atoms with van der Waals surface area (Å²) in [6.45, 7) is 0. The van der Waals surface area contributed by atoms with Gasteiger partial charge in [0, 0.05) is 13.6 Å². The van der Waals surface area contributed by atoms with Crippen LogP contribution in [0.15, 0.2) is 40.9 Å². The van der Waals surface area contributed by atoms with Crippen molar-refractivity contribution in [1.29, 1.82) is 0 Å². The minimum atomic E-state index is -0.151. The summed E-state index contributed by atoms with van der Waals surface area (Å²) in [7, 11) is 1.54. The fraction of sp³-hybridized carbons (Fsp3) is 0.0714. The van der Waals surface area contributed by atoms with E-state index in [1.165, 1.54) is 0 Å². The maximum absolute atomic E-state index is 12.6. The first kappa shape index (κ1) is 14.8. The number of methoxy groups -OCH3 is 1. The van der Waals surface area contributed by atoms with E-state index in [-0.39, 0.29) is 5.78 Å². The Hall–Kier alpha value is -0.590. The number of ketones is 1. The predicted molar refractivity (Wildman–Crippen MR) is 88.3 cm³/mol. The highest BCUT2D eigenvalue weighted by Crippen LogP contribution is 2.28. The molecule has 19 heavy (non-hydrogen) atoms. The lowest BCUT2D eigenvalue weighted by Gasteiger charge is -2.09. The van der Waals surface area contributed by atoms with Crippen molar-refractivity contribution in [2.45, 2.75) is 0 Å². The molecule has 0 radical (unpaired) electrons. The smallest absolute Gasteiger partial charge is 0.198 e. The normalized spacial score (nSPS) is 10.3. The number of halogens is 3. The van der Waals surface area contributed by atoms with Crippen LogP contribution in [0, 0.1) is 3.57 Å². The van der Waals surface area contributed by atoms with Gasteiger partial charge in [-0.1, -0.05) is 27.5 Å². The van der Waals surface area contributed by atoms with Gasteiger partial charge in [-0.15, -0.1) is 0 Å². The molecule has 0 N–H and O–H groups in total. The zero-order valence-electron chi connectivity index (χ0n) is 9.91. The summed E-state index contributed by atoms with van der Waals surface area (Å²) >= 11 is 11.6. The van der Waals surface area contributed by atoms with Gasteiger partial charge in [-0.25, -0.2) is 0 Å². The van der Waals surface area contributed by atoms with Crippen LogP contribution in [-0.2, 0) is 0 Å². The second-order valence-corrected chi connectivity index (χ2v) is 6.37. The lowest BCUT2D eigenvalue weighted by molar-refractivity contribution is 0.103. The molecule has 98 valence electrons. The predicted octanol–water partition coefficient (Wildman–Crippen LogP) is 4.95. The van der Waals surface area contributed by atoms with Gasteiger partial charge in [0.15, 0.2) is 5.78 Å². The third-order valence-corrected chi connectivity index (χ3v) is 4.07. The molecular formula is C14H9BrClIO2. The minimum Gasteiger partial charge on any atom is -0.496 e. The summed E-state index contributed by atoms with van der Waals surface area (Å²) in [5, 5.41) is 0.425. The summed E-state index contributed by atoms with van der Waals surface area (Å²) in [6.07, 6.45) is 0. The van der Waals surface area contributed by atoms with E-state index in [1.54, 1.807) is 37.4 Å². The van der Waals surface area contributed by atoms with Crippen LogP contribution < -0.4 is 4.74 Å². The highest BCUT2D eigenvalue weighted by Gasteiger charge is 2.17. The highest BCUT2D eigenvalue weighted by atomic mass is 127. The van der Waals surface area contributed by atoms with E-state index in [4.69, 9.17) is 16.3 Å². The van der Waals surface area contributed by atoms with Crippen LogP contribution in [0.25, 0.3) is 0 Å². The summed E-state index contributed by atoms with van der Waals surface area (Å²) in [4.78, 5) is 12.6. The molecular weight excluding hydrogens is 442 g/mol. The van der Waals surface area contributed by atoms with E-state index in [1.807, 2.05) is 6.07 Å². The molecule has 2 aromatic rings. The molecule has 0 aliphatic carbocycles. The number of carbonyl (C=O) groups excluding carboxylic acids is 1. The molecule has 0 heterocycles. The monoisotopic (exact) mass is 450 g/mol. The third kappa shape index (κ3) is 3.30. The van der Waals surface area contributed by atoms with Gasteiger partial charge in [-0.3, -0.25) is 4.79 Å². The minimum absolute atomic E-state index is 0.151. The number of rotatable bonds is 3. The summed E-state index contributed by atoms with van der Waals surface area (Å²) in [6, 6.07) is 10.7. The average Bonchev–Trinajstić information content (AvgIpc) is 2.40. The van der Waals surface area contributed by atoms with Crippen molar-refractivity contribution in [1.82, 2.24) is 0 Å². The zero-order valence-corrected chi connectivity index (χ0v) is 14.4. The van der Waals surface area contributed by atoms with E-state index in [9.17, 15) is 4.79 Å². The first-order valence-corrected chi connectivity index (χ1v) is 7.61. The molecule has 2 rings (SSSR count). The summed E-state index contributed by atoms with van der Waals surface area (Å²) in [5.41, 5.74) is 0.964. The van der Waals surface area contributed by atoms with Crippen LogP contribution in [0.4, 0.5) is 0 Å². The molecule has 0 bridgehead atoms. The van der Waals surface area contributed by atoms with Gasteiger partial charge >= 0.3 is 0 Å². The van der Waals surface area contributed by atoms with Crippen molar-refractivity contribution in [3.05, 3.63) is 60.6 Å². The summed E-state index contributed by atoms with van der Waals surface area (Å²) < 4.78 is 7.01. The second kappa shape index (κ2) is 6.24. The SMILES string of the molecule is COc1ccc(I)cc1C(=O)c1cc(Br)ccc1Cl. The van der Waals surface area contributed by atoms with E-state index in [2.05, 4.69) is 38.5 Å². The second-order valence-electron chi connectivity index (χ2n) is 3.80. The van der Waals surface area contributed by atoms with E-state index >= 15 is 0 Å². The molecule has 0 unspecified atom stereocenters. The maximum atomic E-state index is 12.6. The average molecular weight is 451 g/mol. The molecule has 5 heteroatoms. The van der Waals surface area contributed by atoms with Gasteiger partial charge in [0.05, 0.1) is 17.7 Å². The van der Waals surface area contributed by atoms with Gasteiger partial charge in [-0.2, -0.15) is 0 Å². The van der Waals surface area contributed by atoms with Gasteiger partial charge in [0.25, 0.3) is 0 Å². The quantitative estimate of drug-likeness (QED) is 0.488. The molecule has 0 aliphatic heterocycles. The van der Waals surface area contributed by atoms with Crippen molar-refractivity contribution >= 4 is 55.9 Å². The molecule has 0 amide bonds. The standard InChI is InChI=1S/C14H9BrClIO2/c1-19-13-5-3-9(17)7-11(13)14(18)10-6-8(15)2-4-12(10)16/h2-7H,1H3. The first-order valence-electron chi connectivity index (χ1n) is 5.36. The maximum Gasteiger partial charge on any atom is 0.198 e. The fourth-order valence-electron chi connectivity index (χ4n) is 1.67. The Morgan fingerprint density at radius 1 is 1.21 bits per heavy atom. The fourth-order valence-corrected chi connectivity index (χ4v) is 2.73. The van der Waals surface area contributed by atoms with Crippen molar-refractivity contribution in [2.24, 2.45) is 0 Å². The molecule has 0 spiro atoms. The Bertz CT molecular complexity index is 643. The topological polar surface area (TPSA) is 26.3 Å². The van der Waals surface area contributed by atoms with Gasteiger partial charge < -0.3 is 4.74 Å². The van der Waals surface area contributed by atoms with Crippen LogP contribution in [0.1, 0.15) is 15.9 Å². The number of hydrogen-bond acceptors (Lipinski definition) is 2. The van der Waals surface area contributed by atoms with Crippen LogP contribution >= 0.6 is 50.1 Å². The molecule has 2 nitrogen and oxygen atoms in total. The number of hydrogen-bond donors (Lipinski definition) is 0. The molecule has 0 fully saturated rings. The molecule has 0 saturated carbocycles. The van der Waals surface area contributed by atoms with Crippen LogP contribution in [-0.4, -0.2) is 12.9 Å². The molecule has 0 saturated heterocycles. The van der Waals surface area contributed by atoms with Crippen LogP contribution in [0.3, 0.4) is 0 Å². The van der Waals surface area contributed by atoms with Crippen LogP contribution in [0.5, 0.6) is 5.75 Å². The molecule has 0 atom stereocenters. The Labute approximate surface area is 138 Å².